The summed E-state index contributed by atoms with van der Waals surface area (Å²) < 4.78 is 14.7. The molecule has 2 saturated heterocycles. The lowest BCUT2D eigenvalue weighted by Gasteiger charge is -2.36. The van der Waals surface area contributed by atoms with Crippen LogP contribution in [-0.4, -0.2) is 127 Å². The Balaban J connectivity index is 0.000000337. The standard InChI is InChI=1S/C25H32ClN5O2.C22H30ClN5O2.3ClH/c1-2-24-27-31(25(32)30(24)18-19-33-23-10-4-3-5-11-23)13-7-12-28-14-16-29(17-15-28)22-9-6-8-21(26)20-22;23-19-6-4-7-20(18-19)27-15-13-26(14-16-27)11-5-12-28(24)22(29)25-10-17-30-21-8-2-1-3-9-21;;;/h3-6,8-11,20H,2,7,12-19H2,1H3;1-4,6-9,18H,5,10-17,24H2,(H,25,29);3*1H. The molecule has 362 valence electrons. The van der Waals surface area contributed by atoms with Gasteiger partial charge in [-0.1, -0.05) is 78.7 Å². The molecule has 0 atom stereocenters. The Labute approximate surface area is 418 Å². The Morgan fingerprint density at radius 3 is 1.67 bits per heavy atom. The van der Waals surface area contributed by atoms with E-state index in [1.807, 2.05) is 104 Å². The van der Waals surface area contributed by atoms with Crippen LogP contribution < -0.4 is 36.1 Å². The molecule has 2 fully saturated rings. The lowest BCUT2D eigenvalue weighted by molar-refractivity contribution is 0.188. The Hall–Kier alpha value is -4.38. The van der Waals surface area contributed by atoms with E-state index < -0.39 is 0 Å². The number of urea groups is 1. The molecule has 66 heavy (non-hydrogen) atoms. The largest absolute Gasteiger partial charge is 0.492 e. The van der Waals surface area contributed by atoms with Crippen LogP contribution in [0.3, 0.4) is 0 Å². The molecule has 2 aliphatic rings. The second-order valence-electron chi connectivity index (χ2n) is 15.5. The minimum atomic E-state index is -0.280. The van der Waals surface area contributed by atoms with E-state index in [9.17, 15) is 9.59 Å². The molecule has 19 heteroatoms. The lowest BCUT2D eigenvalue weighted by atomic mass is 10.2. The summed E-state index contributed by atoms with van der Waals surface area (Å²) in [7, 11) is 0. The molecular formula is C47H65Cl5N10O4. The highest BCUT2D eigenvalue weighted by atomic mass is 35.5. The zero-order valence-electron chi connectivity index (χ0n) is 37.6. The van der Waals surface area contributed by atoms with Gasteiger partial charge in [0.25, 0.3) is 0 Å². The number of nitrogens with zero attached hydrogens (tertiary/aromatic N) is 8. The normalized spacial score (nSPS) is 13.8. The molecule has 7 rings (SSSR count). The van der Waals surface area contributed by atoms with Gasteiger partial charge in [0.1, 0.15) is 30.5 Å². The number of benzene rings is 4. The zero-order chi connectivity index (χ0) is 44.2. The fourth-order valence-corrected chi connectivity index (χ4v) is 8.02. The van der Waals surface area contributed by atoms with E-state index in [4.69, 9.17) is 38.5 Å². The third kappa shape index (κ3) is 18.0. The van der Waals surface area contributed by atoms with Gasteiger partial charge >= 0.3 is 11.7 Å². The molecule has 3 N–H and O–H groups in total. The highest BCUT2D eigenvalue weighted by Gasteiger charge is 2.20. The van der Waals surface area contributed by atoms with Gasteiger partial charge in [0.05, 0.1) is 13.1 Å². The molecule has 2 amide bonds. The van der Waals surface area contributed by atoms with Crippen LogP contribution in [0.15, 0.2) is 114 Å². The number of aromatic nitrogens is 3. The number of nitrogens with two attached hydrogens (primary N) is 1. The summed E-state index contributed by atoms with van der Waals surface area (Å²) in [6, 6.07) is 34.9. The number of para-hydroxylation sites is 2. The van der Waals surface area contributed by atoms with Gasteiger partial charge in [-0.3, -0.25) is 19.4 Å². The van der Waals surface area contributed by atoms with Gasteiger partial charge in [-0.05, 0) is 73.5 Å². The maximum Gasteiger partial charge on any atom is 0.346 e. The molecule has 0 bridgehead atoms. The predicted octanol–water partition coefficient (Wildman–Crippen LogP) is 7.63. The maximum absolute atomic E-state index is 12.9. The second kappa shape index (κ2) is 30.1. The molecular weight excluding hydrogens is 946 g/mol. The first-order valence-electron chi connectivity index (χ1n) is 22.0. The molecule has 3 heterocycles. The van der Waals surface area contributed by atoms with E-state index in [0.29, 0.717) is 39.4 Å². The number of hydrazine groups is 1. The molecule has 0 radical (unpaired) electrons. The van der Waals surface area contributed by atoms with Crippen LogP contribution >= 0.6 is 60.4 Å². The van der Waals surface area contributed by atoms with Gasteiger partial charge < -0.3 is 24.6 Å². The van der Waals surface area contributed by atoms with E-state index in [1.165, 1.54) is 16.4 Å². The van der Waals surface area contributed by atoms with E-state index in [-0.39, 0.29) is 48.9 Å². The molecule has 0 spiro atoms. The van der Waals surface area contributed by atoms with E-state index in [0.717, 1.165) is 112 Å². The molecule has 4 aromatic carbocycles. The van der Waals surface area contributed by atoms with Crippen molar-refractivity contribution in [1.29, 1.82) is 0 Å². The predicted molar refractivity (Wildman–Crippen MR) is 275 cm³/mol. The van der Waals surface area contributed by atoms with Crippen LogP contribution in [0, 0.1) is 0 Å². The zero-order valence-corrected chi connectivity index (χ0v) is 41.6. The molecule has 0 unspecified atom stereocenters. The summed E-state index contributed by atoms with van der Waals surface area (Å²) in [4.78, 5) is 34.5. The smallest absolute Gasteiger partial charge is 0.346 e. The lowest BCUT2D eigenvalue weighted by Crippen LogP contribution is -2.49. The van der Waals surface area contributed by atoms with Crippen molar-refractivity contribution in [2.45, 2.75) is 39.3 Å². The summed E-state index contributed by atoms with van der Waals surface area (Å²) in [5.41, 5.74) is 2.31. The third-order valence-corrected chi connectivity index (χ3v) is 11.6. The third-order valence-electron chi connectivity index (χ3n) is 11.1. The number of nitrogens with one attached hydrogen (secondary N) is 1. The Bertz CT molecular complexity index is 2170. The van der Waals surface area contributed by atoms with Crippen molar-refractivity contribution in [1.82, 2.24) is 34.5 Å². The quantitative estimate of drug-likeness (QED) is 0.0369. The average molecular weight is 1010 g/mol. The van der Waals surface area contributed by atoms with Crippen LogP contribution in [0.4, 0.5) is 16.2 Å². The van der Waals surface area contributed by atoms with Crippen LogP contribution in [0.1, 0.15) is 25.6 Å². The van der Waals surface area contributed by atoms with Gasteiger partial charge in [0.15, 0.2) is 0 Å². The van der Waals surface area contributed by atoms with Crippen molar-refractivity contribution in [2.24, 2.45) is 5.84 Å². The number of carbonyl (C=O) groups is 1. The van der Waals surface area contributed by atoms with Crippen molar-refractivity contribution in [3.05, 3.63) is 136 Å². The number of ether oxygens (including phenoxy) is 2. The number of carbonyl (C=O) groups excluding carboxylic acids is 1. The number of rotatable bonds is 19. The van der Waals surface area contributed by atoms with Gasteiger partial charge in [0.2, 0.25) is 0 Å². The van der Waals surface area contributed by atoms with Gasteiger partial charge in [0, 0.05) is 106 Å². The highest BCUT2D eigenvalue weighted by molar-refractivity contribution is 6.31. The topological polar surface area (TPSA) is 130 Å². The van der Waals surface area contributed by atoms with Crippen molar-refractivity contribution < 1.29 is 14.3 Å². The number of amides is 2. The molecule has 2 aliphatic heterocycles. The molecule has 0 saturated carbocycles. The summed E-state index contributed by atoms with van der Waals surface area (Å²) in [5.74, 6) is 8.29. The first-order chi connectivity index (χ1) is 30.7. The molecule has 0 aliphatic carbocycles. The Kier molecular flexibility index (Phi) is 25.5. The van der Waals surface area contributed by atoms with Gasteiger partial charge in [-0.25, -0.2) is 20.1 Å². The highest BCUT2D eigenvalue weighted by Crippen LogP contribution is 2.22. The minimum Gasteiger partial charge on any atom is -0.492 e. The number of aryl methyl sites for hydroxylation is 2. The van der Waals surface area contributed by atoms with Crippen LogP contribution in [-0.2, 0) is 19.5 Å². The number of piperazine rings is 2. The summed E-state index contributed by atoms with van der Waals surface area (Å²) >= 11 is 12.2. The fourth-order valence-electron chi connectivity index (χ4n) is 7.65. The molecule has 5 aromatic rings. The summed E-state index contributed by atoms with van der Waals surface area (Å²) in [5, 5.41) is 10.1. The molecule has 14 nitrogen and oxygen atoms in total. The Morgan fingerprint density at radius 2 is 1.17 bits per heavy atom. The van der Waals surface area contributed by atoms with Gasteiger partial charge in [-0.2, -0.15) is 5.10 Å². The first-order valence-corrected chi connectivity index (χ1v) is 22.8. The maximum atomic E-state index is 12.9. The minimum absolute atomic E-state index is 0. The Morgan fingerprint density at radius 1 is 0.667 bits per heavy atom. The van der Waals surface area contributed by atoms with Crippen molar-refractivity contribution in [3.63, 3.8) is 0 Å². The number of halogens is 5. The second-order valence-corrected chi connectivity index (χ2v) is 16.4. The summed E-state index contributed by atoms with van der Waals surface area (Å²) in [6.07, 6.45) is 2.46. The molecule has 1 aromatic heterocycles. The van der Waals surface area contributed by atoms with Gasteiger partial charge in [-0.15, -0.1) is 37.2 Å². The van der Waals surface area contributed by atoms with Crippen LogP contribution in [0.2, 0.25) is 10.0 Å². The van der Waals surface area contributed by atoms with Crippen molar-refractivity contribution >= 4 is 77.8 Å². The average Bonchev–Trinajstić information content (AvgIpc) is 3.62. The SMILES string of the molecule is CCc1nn(CCCN2CCN(c3cccc(Cl)c3)CC2)c(=O)n1CCOc1ccccc1.Cl.Cl.Cl.NN(CCCN1CCN(c2cccc(Cl)c2)CC1)C(=O)NCCOc1ccccc1. The van der Waals surface area contributed by atoms with Crippen molar-refractivity contribution in [3.8, 4) is 11.5 Å². The van der Waals surface area contributed by atoms with E-state index in [2.05, 4.69) is 42.1 Å². The van der Waals surface area contributed by atoms with Crippen LogP contribution in [0.5, 0.6) is 11.5 Å². The first kappa shape index (κ1) is 55.9. The number of anilines is 2. The van der Waals surface area contributed by atoms with E-state index in [1.54, 1.807) is 9.25 Å². The number of hydrogen-bond donors (Lipinski definition) is 2. The monoisotopic (exact) mass is 1010 g/mol. The number of hydrogen-bond acceptors (Lipinski definition) is 10. The van der Waals surface area contributed by atoms with Crippen LogP contribution in [0.25, 0.3) is 0 Å². The summed E-state index contributed by atoms with van der Waals surface area (Å²) in [6.45, 7) is 14.7. The fraction of sp³-hybridized carbons (Fsp3) is 0.426. The van der Waals surface area contributed by atoms with E-state index >= 15 is 0 Å². The van der Waals surface area contributed by atoms with Crippen molar-refractivity contribution in [2.75, 3.05) is 102 Å².